The number of halogens is 1. The van der Waals surface area contributed by atoms with Crippen molar-refractivity contribution in [3.05, 3.63) is 46.5 Å². The third-order valence-electron chi connectivity index (χ3n) is 6.08. The van der Waals surface area contributed by atoms with Gasteiger partial charge in [-0.05, 0) is 25.0 Å². The Bertz CT molecular complexity index is 1240. The van der Waals surface area contributed by atoms with Crippen molar-refractivity contribution in [1.29, 1.82) is 0 Å². The molecule has 1 amide bonds. The molecule has 168 valence electrons. The molecule has 2 aliphatic carbocycles. The number of ether oxygens (including phenoxy) is 1. The van der Waals surface area contributed by atoms with Crippen molar-refractivity contribution in [3.63, 3.8) is 0 Å². The lowest BCUT2D eigenvalue weighted by Gasteiger charge is -2.36. The maximum Gasteiger partial charge on any atom is 0.274 e. The minimum absolute atomic E-state index is 0.00411. The molecule has 0 radical (unpaired) electrons. The Balaban J connectivity index is 1.47. The molecule has 10 nitrogen and oxygen atoms in total. The van der Waals surface area contributed by atoms with Crippen LogP contribution in [0.1, 0.15) is 35.7 Å². The second-order valence-corrected chi connectivity index (χ2v) is 8.08. The normalized spacial score (nSPS) is 24.1. The Morgan fingerprint density at radius 3 is 2.81 bits per heavy atom. The topological polar surface area (TPSA) is 115 Å². The van der Waals surface area contributed by atoms with E-state index in [0.717, 1.165) is 12.8 Å². The second kappa shape index (κ2) is 7.90. The van der Waals surface area contributed by atoms with Gasteiger partial charge in [-0.25, -0.2) is 9.37 Å². The molecule has 0 bridgehead atoms. The fourth-order valence-electron chi connectivity index (χ4n) is 3.97. The maximum atomic E-state index is 13.2. The van der Waals surface area contributed by atoms with E-state index in [2.05, 4.69) is 26.0 Å². The summed E-state index contributed by atoms with van der Waals surface area (Å²) >= 11 is 0. The average molecular weight is 441 g/mol. The van der Waals surface area contributed by atoms with E-state index in [4.69, 9.17) is 4.74 Å². The highest BCUT2D eigenvalue weighted by molar-refractivity contribution is 6.00. The third-order valence-corrected chi connectivity index (χ3v) is 6.08. The summed E-state index contributed by atoms with van der Waals surface area (Å²) in [6, 6.07) is 4.71. The zero-order valence-corrected chi connectivity index (χ0v) is 17.7. The molecule has 3 heterocycles. The fourth-order valence-corrected chi connectivity index (χ4v) is 3.97. The van der Waals surface area contributed by atoms with Gasteiger partial charge in [0.2, 0.25) is 0 Å². The Labute approximate surface area is 182 Å². The van der Waals surface area contributed by atoms with E-state index in [0.29, 0.717) is 29.4 Å². The van der Waals surface area contributed by atoms with E-state index < -0.39 is 18.1 Å². The van der Waals surface area contributed by atoms with E-state index in [1.54, 1.807) is 43.1 Å². The van der Waals surface area contributed by atoms with Crippen molar-refractivity contribution in [2.75, 3.05) is 24.8 Å². The molecule has 2 saturated carbocycles. The summed E-state index contributed by atoms with van der Waals surface area (Å²) in [6.07, 6.45) is 4.29. The van der Waals surface area contributed by atoms with Crippen molar-refractivity contribution in [1.82, 2.24) is 24.5 Å². The Hall–Kier alpha value is -3.47. The number of methoxy groups -OCH3 is 1. The van der Waals surface area contributed by atoms with Crippen molar-refractivity contribution >= 4 is 28.9 Å². The summed E-state index contributed by atoms with van der Waals surface area (Å²) in [7, 11) is 3.37. The Morgan fingerprint density at radius 1 is 1.34 bits per heavy atom. The van der Waals surface area contributed by atoms with Crippen LogP contribution in [-0.2, 0) is 4.74 Å². The number of fused-ring (bicyclic) bond motifs is 1. The number of carbonyl (C=O) groups excluding carboxylic acids is 1. The molecule has 3 aromatic heterocycles. The molecule has 0 unspecified atom stereocenters. The number of hydrogen-bond acceptors (Lipinski definition) is 7. The van der Waals surface area contributed by atoms with Crippen molar-refractivity contribution in [2.45, 2.75) is 43.6 Å². The predicted octanol–water partition coefficient (Wildman–Crippen LogP) is 1.87. The van der Waals surface area contributed by atoms with Crippen LogP contribution in [0.5, 0.6) is 0 Å². The minimum atomic E-state index is -1.01. The van der Waals surface area contributed by atoms with E-state index in [1.807, 2.05) is 0 Å². The van der Waals surface area contributed by atoms with Gasteiger partial charge in [-0.1, -0.05) is 0 Å². The summed E-state index contributed by atoms with van der Waals surface area (Å²) in [4.78, 5) is 30.1. The van der Waals surface area contributed by atoms with Crippen molar-refractivity contribution in [3.8, 4) is 0 Å². The first-order valence-corrected chi connectivity index (χ1v) is 10.5. The summed E-state index contributed by atoms with van der Waals surface area (Å²) in [5, 5.41) is 13.0. The molecule has 4 atom stereocenters. The number of rotatable bonds is 7. The van der Waals surface area contributed by atoms with Gasteiger partial charge in [0, 0.05) is 32.8 Å². The SMILES string of the molecule is CNc1cc(Nc2cccn([C@@H]3CC[C@H]3OC)c2=O)nc2c(C(=O)N[C@@H]3C[C@@H]3F)cnn12. The monoisotopic (exact) mass is 441 g/mol. The molecular weight excluding hydrogens is 417 g/mol. The van der Waals surface area contributed by atoms with Gasteiger partial charge in [-0.15, -0.1) is 0 Å². The second-order valence-electron chi connectivity index (χ2n) is 8.08. The average Bonchev–Trinajstić information content (AvgIpc) is 3.27. The van der Waals surface area contributed by atoms with Gasteiger partial charge in [0.15, 0.2) is 5.65 Å². The molecule has 3 aromatic rings. The van der Waals surface area contributed by atoms with Gasteiger partial charge in [-0.3, -0.25) is 9.59 Å². The molecule has 0 spiro atoms. The number of nitrogens with one attached hydrogen (secondary N) is 3. The predicted molar refractivity (Wildman–Crippen MR) is 116 cm³/mol. The molecule has 5 rings (SSSR count). The summed E-state index contributed by atoms with van der Waals surface area (Å²) in [6.45, 7) is 0. The van der Waals surface area contributed by atoms with E-state index in [1.165, 1.54) is 10.7 Å². The molecule has 32 heavy (non-hydrogen) atoms. The number of hydrogen-bond donors (Lipinski definition) is 3. The van der Waals surface area contributed by atoms with E-state index in [-0.39, 0.29) is 23.3 Å². The number of alkyl halides is 1. The van der Waals surface area contributed by atoms with Crippen LogP contribution in [0.3, 0.4) is 0 Å². The van der Waals surface area contributed by atoms with Gasteiger partial charge in [0.25, 0.3) is 11.5 Å². The van der Waals surface area contributed by atoms with Crippen LogP contribution in [0.2, 0.25) is 0 Å². The number of aromatic nitrogens is 4. The highest BCUT2D eigenvalue weighted by atomic mass is 19.1. The van der Waals surface area contributed by atoms with E-state index >= 15 is 0 Å². The Kier molecular flexibility index (Phi) is 5.04. The van der Waals surface area contributed by atoms with Crippen LogP contribution in [0.25, 0.3) is 5.65 Å². The van der Waals surface area contributed by atoms with Crippen LogP contribution in [0.15, 0.2) is 35.4 Å². The van der Waals surface area contributed by atoms with Gasteiger partial charge < -0.3 is 25.3 Å². The highest BCUT2D eigenvalue weighted by Gasteiger charge is 2.39. The quantitative estimate of drug-likeness (QED) is 0.513. The van der Waals surface area contributed by atoms with Gasteiger partial charge in [0.05, 0.1) is 24.4 Å². The van der Waals surface area contributed by atoms with Crippen molar-refractivity contribution in [2.24, 2.45) is 0 Å². The molecule has 0 aliphatic heterocycles. The molecule has 2 aliphatic rings. The number of carbonyl (C=O) groups is 1. The largest absolute Gasteiger partial charge is 0.379 e. The van der Waals surface area contributed by atoms with Crippen LogP contribution >= 0.6 is 0 Å². The molecule has 2 fully saturated rings. The number of nitrogens with zero attached hydrogens (tertiary/aromatic N) is 4. The number of pyridine rings is 1. The van der Waals surface area contributed by atoms with Crippen LogP contribution in [0.4, 0.5) is 21.7 Å². The first-order valence-electron chi connectivity index (χ1n) is 10.5. The van der Waals surface area contributed by atoms with Gasteiger partial charge >= 0.3 is 0 Å². The molecule has 11 heteroatoms. The van der Waals surface area contributed by atoms with Crippen molar-refractivity contribution < 1.29 is 13.9 Å². The Morgan fingerprint density at radius 2 is 2.16 bits per heavy atom. The minimum Gasteiger partial charge on any atom is -0.379 e. The van der Waals surface area contributed by atoms with Gasteiger partial charge in [-0.2, -0.15) is 9.61 Å². The lowest BCUT2D eigenvalue weighted by atomic mass is 9.88. The van der Waals surface area contributed by atoms with Gasteiger partial charge in [0.1, 0.15) is 29.1 Å². The van der Waals surface area contributed by atoms with Crippen LogP contribution in [-0.4, -0.2) is 57.5 Å². The first-order chi connectivity index (χ1) is 15.5. The number of anilines is 3. The van der Waals surface area contributed by atoms with Crippen LogP contribution < -0.4 is 21.5 Å². The molecule has 3 N–H and O–H groups in total. The molecule has 0 saturated heterocycles. The highest BCUT2D eigenvalue weighted by Crippen LogP contribution is 2.33. The lowest BCUT2D eigenvalue weighted by molar-refractivity contribution is -0.0103. The summed E-state index contributed by atoms with van der Waals surface area (Å²) < 4.78 is 21.8. The molecule has 0 aromatic carbocycles. The van der Waals surface area contributed by atoms with E-state index in [9.17, 15) is 14.0 Å². The fraction of sp³-hybridized carbons (Fsp3) is 0.429. The van der Waals surface area contributed by atoms with Crippen LogP contribution in [0, 0.1) is 0 Å². The third kappa shape index (κ3) is 3.48. The first kappa shape index (κ1) is 20.4. The number of amides is 1. The zero-order valence-electron chi connectivity index (χ0n) is 17.7. The standard InChI is InChI=1S/C21H24FN7O3/c1-23-18-9-17(25-13-4-3-7-28(21(13)31)15-5-6-16(15)32-2)27-19-11(10-24-29(18)19)20(30)26-14-8-12(14)22/h3-4,7,9-10,12,14-16,23H,5-6,8H2,1-2H3,(H,25,27)(H,26,30)/t12-,14+,15+,16+/m0/s1. The zero-order chi connectivity index (χ0) is 22.4. The lowest BCUT2D eigenvalue weighted by Crippen LogP contribution is -2.40. The summed E-state index contributed by atoms with van der Waals surface area (Å²) in [5.41, 5.74) is 0.702. The smallest absolute Gasteiger partial charge is 0.274 e. The maximum absolute atomic E-state index is 13.2. The summed E-state index contributed by atoms with van der Waals surface area (Å²) in [5.74, 6) is 0.508. The molecular formula is C21H24FN7O3.